The number of nitrogens with one attached hydrogen (secondary N) is 2. The molecule has 1 heterocycles. The van der Waals surface area contributed by atoms with E-state index in [1.54, 1.807) is 54.3 Å². The van der Waals surface area contributed by atoms with E-state index in [4.69, 9.17) is 11.6 Å². The molecular weight excluding hydrogens is 383 g/mol. The van der Waals surface area contributed by atoms with Crippen molar-refractivity contribution in [3.05, 3.63) is 88.7 Å². The monoisotopic (exact) mass is 400 g/mol. The molecule has 0 aliphatic rings. The number of benzene rings is 2. The van der Waals surface area contributed by atoms with Crippen molar-refractivity contribution in [3.63, 3.8) is 0 Å². The van der Waals surface area contributed by atoms with Gasteiger partial charge in [-0.3, -0.25) is 9.59 Å². The number of halogens is 2. The van der Waals surface area contributed by atoms with Crippen molar-refractivity contribution in [3.8, 4) is 0 Å². The van der Waals surface area contributed by atoms with Gasteiger partial charge in [0.25, 0.3) is 5.91 Å². The first-order valence-corrected chi connectivity index (χ1v) is 8.87. The molecule has 0 saturated carbocycles. The second kappa shape index (κ2) is 8.67. The number of rotatable bonds is 6. The van der Waals surface area contributed by atoms with E-state index >= 15 is 0 Å². The molecule has 0 saturated heterocycles. The van der Waals surface area contributed by atoms with Gasteiger partial charge in [-0.25, -0.2) is 9.37 Å². The number of carbonyl (C=O) groups excluding carboxylic acids is 2. The van der Waals surface area contributed by atoms with Crippen molar-refractivity contribution in [2.24, 2.45) is 7.05 Å². The number of aryl methyl sites for hydroxylation is 1. The smallest absolute Gasteiger partial charge is 0.251 e. The molecule has 0 radical (unpaired) electrons. The molecule has 3 rings (SSSR count). The van der Waals surface area contributed by atoms with Gasteiger partial charge in [-0.2, -0.15) is 0 Å². The van der Waals surface area contributed by atoms with Crippen LogP contribution in [0.5, 0.6) is 0 Å². The number of hydrogen-bond acceptors (Lipinski definition) is 3. The van der Waals surface area contributed by atoms with Crippen LogP contribution in [0.3, 0.4) is 0 Å². The number of imidazole rings is 1. The van der Waals surface area contributed by atoms with Crippen LogP contribution in [0.4, 0.5) is 4.39 Å². The highest BCUT2D eigenvalue weighted by Crippen LogP contribution is 2.20. The summed E-state index contributed by atoms with van der Waals surface area (Å²) in [6, 6.07) is 11.7. The third-order valence-electron chi connectivity index (χ3n) is 4.12. The van der Waals surface area contributed by atoms with E-state index in [9.17, 15) is 14.0 Å². The maximum absolute atomic E-state index is 13.3. The molecule has 8 heteroatoms. The van der Waals surface area contributed by atoms with Crippen molar-refractivity contribution in [1.82, 2.24) is 20.2 Å². The summed E-state index contributed by atoms with van der Waals surface area (Å²) in [5.41, 5.74) is 1.03. The summed E-state index contributed by atoms with van der Waals surface area (Å²) >= 11 is 5.88. The zero-order valence-corrected chi connectivity index (χ0v) is 15.8. The van der Waals surface area contributed by atoms with Gasteiger partial charge in [0.1, 0.15) is 17.7 Å². The lowest BCUT2D eigenvalue weighted by molar-refractivity contribution is -0.120. The molecule has 28 heavy (non-hydrogen) atoms. The van der Waals surface area contributed by atoms with Crippen LogP contribution in [0.15, 0.2) is 60.9 Å². The maximum Gasteiger partial charge on any atom is 0.251 e. The fourth-order valence-corrected chi connectivity index (χ4v) is 2.90. The van der Waals surface area contributed by atoms with Crippen LogP contribution >= 0.6 is 11.6 Å². The number of amides is 2. The lowest BCUT2D eigenvalue weighted by atomic mass is 10.1. The highest BCUT2D eigenvalue weighted by Gasteiger charge is 2.21. The number of hydrogen-bond donors (Lipinski definition) is 2. The minimum Gasteiger partial charge on any atom is -0.343 e. The highest BCUT2D eigenvalue weighted by molar-refractivity contribution is 6.30. The molecule has 1 aromatic heterocycles. The van der Waals surface area contributed by atoms with Gasteiger partial charge in [0, 0.05) is 30.0 Å². The van der Waals surface area contributed by atoms with Gasteiger partial charge in [0.15, 0.2) is 0 Å². The Morgan fingerprint density at radius 3 is 2.61 bits per heavy atom. The van der Waals surface area contributed by atoms with Gasteiger partial charge in [-0.1, -0.05) is 29.8 Å². The van der Waals surface area contributed by atoms with E-state index in [0.717, 1.165) is 0 Å². The van der Waals surface area contributed by atoms with E-state index in [1.165, 1.54) is 18.2 Å². The van der Waals surface area contributed by atoms with Crippen molar-refractivity contribution in [1.29, 1.82) is 0 Å². The Balaban J connectivity index is 1.70. The minimum absolute atomic E-state index is 0.229. The normalized spacial score (nSPS) is 11.7. The first-order valence-electron chi connectivity index (χ1n) is 8.50. The molecule has 0 fully saturated rings. The quantitative estimate of drug-likeness (QED) is 0.668. The summed E-state index contributed by atoms with van der Waals surface area (Å²) in [6.45, 7) is -0.229. The van der Waals surface area contributed by atoms with Crippen LogP contribution in [0.25, 0.3) is 0 Å². The third kappa shape index (κ3) is 4.75. The third-order valence-corrected chi connectivity index (χ3v) is 4.36. The summed E-state index contributed by atoms with van der Waals surface area (Å²) < 4.78 is 15.0. The Morgan fingerprint density at radius 1 is 1.21 bits per heavy atom. The second-order valence-corrected chi connectivity index (χ2v) is 6.58. The molecule has 2 aromatic carbocycles. The molecule has 3 aromatic rings. The Kier molecular flexibility index (Phi) is 6.06. The average Bonchev–Trinajstić information content (AvgIpc) is 3.10. The van der Waals surface area contributed by atoms with Gasteiger partial charge >= 0.3 is 0 Å². The van der Waals surface area contributed by atoms with Crippen molar-refractivity contribution in [2.75, 3.05) is 6.54 Å². The molecular formula is C20H18ClFN4O2. The molecule has 0 aliphatic carbocycles. The Labute approximate surface area is 166 Å². The standard InChI is InChI=1S/C20H18ClFN4O2/c1-26-10-9-23-19(26)18(13-5-7-16(22)8-6-13)25-17(27)12-24-20(28)14-3-2-4-15(21)11-14/h2-11,18H,12H2,1H3,(H,24,28)(H,25,27). The summed E-state index contributed by atoms with van der Waals surface area (Å²) in [5, 5.41) is 5.82. The van der Waals surface area contributed by atoms with Crippen LogP contribution in [0.2, 0.25) is 5.02 Å². The summed E-state index contributed by atoms with van der Waals surface area (Å²) in [6.07, 6.45) is 3.36. The second-order valence-electron chi connectivity index (χ2n) is 6.14. The predicted molar refractivity (Wildman–Crippen MR) is 103 cm³/mol. The van der Waals surface area contributed by atoms with Crippen molar-refractivity contribution < 1.29 is 14.0 Å². The van der Waals surface area contributed by atoms with Crippen LogP contribution in [0, 0.1) is 5.82 Å². The van der Waals surface area contributed by atoms with E-state index in [2.05, 4.69) is 15.6 Å². The topological polar surface area (TPSA) is 76.0 Å². The minimum atomic E-state index is -0.587. The van der Waals surface area contributed by atoms with E-state index in [-0.39, 0.29) is 12.4 Å². The Morgan fingerprint density at radius 2 is 1.96 bits per heavy atom. The number of nitrogens with zero attached hydrogens (tertiary/aromatic N) is 2. The summed E-state index contributed by atoms with van der Waals surface area (Å²) in [5.74, 6) is -0.607. The van der Waals surface area contributed by atoms with Gasteiger partial charge in [0.2, 0.25) is 5.91 Å². The molecule has 2 amide bonds. The van der Waals surface area contributed by atoms with Gasteiger partial charge in [0.05, 0.1) is 6.54 Å². The predicted octanol–water partition coefficient (Wildman–Crippen LogP) is 2.85. The number of carbonyl (C=O) groups is 2. The maximum atomic E-state index is 13.3. The number of aromatic nitrogens is 2. The van der Waals surface area contributed by atoms with Gasteiger partial charge < -0.3 is 15.2 Å². The molecule has 2 N–H and O–H groups in total. The van der Waals surface area contributed by atoms with E-state index in [0.29, 0.717) is 22.0 Å². The van der Waals surface area contributed by atoms with Crippen molar-refractivity contribution >= 4 is 23.4 Å². The zero-order chi connectivity index (χ0) is 20.1. The lowest BCUT2D eigenvalue weighted by Crippen LogP contribution is -2.39. The lowest BCUT2D eigenvalue weighted by Gasteiger charge is -2.19. The highest BCUT2D eigenvalue weighted by atomic mass is 35.5. The summed E-state index contributed by atoms with van der Waals surface area (Å²) in [7, 11) is 1.80. The molecule has 144 valence electrons. The van der Waals surface area contributed by atoms with E-state index < -0.39 is 17.9 Å². The Hall–Kier alpha value is -3.19. The SMILES string of the molecule is Cn1ccnc1C(NC(=O)CNC(=O)c1cccc(Cl)c1)c1ccc(F)cc1. The average molecular weight is 401 g/mol. The largest absolute Gasteiger partial charge is 0.343 e. The molecule has 1 unspecified atom stereocenters. The molecule has 6 nitrogen and oxygen atoms in total. The molecule has 1 atom stereocenters. The van der Waals surface area contributed by atoms with Crippen LogP contribution < -0.4 is 10.6 Å². The summed E-state index contributed by atoms with van der Waals surface area (Å²) in [4.78, 5) is 28.9. The molecule has 0 bridgehead atoms. The molecule has 0 spiro atoms. The van der Waals surface area contributed by atoms with E-state index in [1.807, 2.05) is 0 Å². The zero-order valence-electron chi connectivity index (χ0n) is 15.0. The fourth-order valence-electron chi connectivity index (χ4n) is 2.71. The van der Waals surface area contributed by atoms with Crippen LogP contribution in [-0.2, 0) is 11.8 Å². The molecule has 0 aliphatic heterocycles. The van der Waals surface area contributed by atoms with Crippen LogP contribution in [-0.4, -0.2) is 27.9 Å². The fraction of sp³-hybridized carbons (Fsp3) is 0.150. The Bertz CT molecular complexity index is 988. The van der Waals surface area contributed by atoms with Gasteiger partial charge in [-0.05, 0) is 35.9 Å². The first kappa shape index (κ1) is 19.6. The first-order chi connectivity index (χ1) is 13.4. The van der Waals surface area contributed by atoms with Crippen LogP contribution in [0.1, 0.15) is 27.8 Å². The van der Waals surface area contributed by atoms with Crippen molar-refractivity contribution in [2.45, 2.75) is 6.04 Å². The van der Waals surface area contributed by atoms with Gasteiger partial charge in [-0.15, -0.1) is 0 Å².